The Morgan fingerprint density at radius 1 is 1.10 bits per heavy atom. The topological polar surface area (TPSA) is 49.0 Å². The summed E-state index contributed by atoms with van der Waals surface area (Å²) in [6.45, 7) is 9.31. The van der Waals surface area contributed by atoms with Crippen molar-refractivity contribution < 1.29 is 18.9 Å². The van der Waals surface area contributed by atoms with E-state index in [1.54, 1.807) is 14.2 Å². The normalized spacial score (nSPS) is 25.9. The van der Waals surface area contributed by atoms with Gasteiger partial charge in [-0.3, -0.25) is 0 Å². The summed E-state index contributed by atoms with van der Waals surface area (Å²) in [7, 11) is 3.43. The van der Waals surface area contributed by atoms with Gasteiger partial charge in [0, 0.05) is 26.9 Å². The third-order valence-electron chi connectivity index (χ3n) is 4.09. The molecule has 0 bridgehead atoms. The van der Waals surface area contributed by atoms with Gasteiger partial charge < -0.3 is 24.3 Å². The summed E-state index contributed by atoms with van der Waals surface area (Å²) in [6, 6.07) is 0.405. The lowest BCUT2D eigenvalue weighted by molar-refractivity contribution is -0.157. The van der Waals surface area contributed by atoms with E-state index >= 15 is 0 Å². The first kappa shape index (κ1) is 18.8. The van der Waals surface area contributed by atoms with Gasteiger partial charge in [0.15, 0.2) is 0 Å². The molecule has 0 saturated heterocycles. The minimum atomic E-state index is -0.129. The summed E-state index contributed by atoms with van der Waals surface area (Å²) >= 11 is 0. The van der Waals surface area contributed by atoms with Gasteiger partial charge >= 0.3 is 0 Å². The Balaban J connectivity index is 2.31. The Labute approximate surface area is 129 Å². The number of hydrogen-bond acceptors (Lipinski definition) is 5. The van der Waals surface area contributed by atoms with Gasteiger partial charge in [-0.05, 0) is 39.7 Å². The van der Waals surface area contributed by atoms with Crippen LogP contribution in [0.25, 0.3) is 0 Å². The van der Waals surface area contributed by atoms with Crippen molar-refractivity contribution in [1.82, 2.24) is 5.32 Å². The number of nitrogens with one attached hydrogen (secondary N) is 1. The van der Waals surface area contributed by atoms with E-state index in [0.29, 0.717) is 25.9 Å². The van der Waals surface area contributed by atoms with Crippen LogP contribution in [0.15, 0.2) is 0 Å². The Morgan fingerprint density at radius 3 is 2.48 bits per heavy atom. The SMILES string of the molecule is CCCNC1CC(OCCC(C)(C)OC)C1OCCOC. The van der Waals surface area contributed by atoms with Gasteiger partial charge in [-0.25, -0.2) is 0 Å². The zero-order valence-electron chi connectivity index (χ0n) is 14.3. The van der Waals surface area contributed by atoms with Crippen molar-refractivity contribution >= 4 is 0 Å². The molecule has 5 heteroatoms. The van der Waals surface area contributed by atoms with Crippen molar-refractivity contribution in [3.05, 3.63) is 0 Å². The van der Waals surface area contributed by atoms with E-state index in [9.17, 15) is 0 Å². The van der Waals surface area contributed by atoms with Gasteiger partial charge in [0.1, 0.15) is 0 Å². The molecule has 0 heterocycles. The summed E-state index contributed by atoms with van der Waals surface area (Å²) in [6.07, 6.45) is 3.36. The van der Waals surface area contributed by atoms with Crippen LogP contribution in [0.1, 0.15) is 40.0 Å². The van der Waals surface area contributed by atoms with Crippen molar-refractivity contribution in [1.29, 1.82) is 0 Å². The second kappa shape index (κ2) is 9.74. The number of rotatable bonds is 12. The molecule has 1 rings (SSSR count). The average molecular weight is 303 g/mol. The standard InChI is InChI=1S/C16H33NO4/c1-6-8-17-13-12-14(15(13)21-11-10-18-4)20-9-7-16(2,3)19-5/h13-15,17H,6-12H2,1-5H3. The second-order valence-electron chi connectivity index (χ2n) is 6.25. The van der Waals surface area contributed by atoms with Crippen LogP contribution in [0.5, 0.6) is 0 Å². The predicted octanol–water partition coefficient (Wildman–Crippen LogP) is 1.99. The highest BCUT2D eigenvalue weighted by Crippen LogP contribution is 2.28. The van der Waals surface area contributed by atoms with E-state index in [0.717, 1.165) is 25.8 Å². The minimum Gasteiger partial charge on any atom is -0.382 e. The fourth-order valence-corrected chi connectivity index (χ4v) is 2.32. The lowest BCUT2D eigenvalue weighted by atomic mass is 9.85. The first-order chi connectivity index (χ1) is 10.0. The highest BCUT2D eigenvalue weighted by Gasteiger charge is 2.42. The van der Waals surface area contributed by atoms with E-state index in [4.69, 9.17) is 18.9 Å². The van der Waals surface area contributed by atoms with Crippen LogP contribution in [0.4, 0.5) is 0 Å². The highest BCUT2D eigenvalue weighted by atomic mass is 16.6. The maximum Gasteiger partial charge on any atom is 0.0991 e. The Hall–Kier alpha value is -0.200. The first-order valence-electron chi connectivity index (χ1n) is 8.04. The monoisotopic (exact) mass is 303 g/mol. The molecule has 1 aliphatic rings. The molecule has 21 heavy (non-hydrogen) atoms. The van der Waals surface area contributed by atoms with Gasteiger partial charge in [-0.15, -0.1) is 0 Å². The summed E-state index contributed by atoms with van der Waals surface area (Å²) in [5.41, 5.74) is -0.129. The fraction of sp³-hybridized carbons (Fsp3) is 1.00. The smallest absolute Gasteiger partial charge is 0.0991 e. The molecule has 0 aromatic rings. The van der Waals surface area contributed by atoms with Crippen LogP contribution < -0.4 is 5.32 Å². The molecule has 1 N–H and O–H groups in total. The molecule has 0 spiro atoms. The molecule has 0 aromatic carbocycles. The van der Waals surface area contributed by atoms with Crippen LogP contribution in [-0.4, -0.2) is 64.4 Å². The molecule has 0 aliphatic heterocycles. The molecule has 1 aliphatic carbocycles. The van der Waals surface area contributed by atoms with Crippen molar-refractivity contribution in [3.8, 4) is 0 Å². The van der Waals surface area contributed by atoms with Gasteiger partial charge in [-0.2, -0.15) is 0 Å². The van der Waals surface area contributed by atoms with Crippen LogP contribution in [-0.2, 0) is 18.9 Å². The molecule has 3 unspecified atom stereocenters. The zero-order chi connectivity index (χ0) is 15.7. The largest absolute Gasteiger partial charge is 0.382 e. The number of ether oxygens (including phenoxy) is 4. The van der Waals surface area contributed by atoms with E-state index in [2.05, 4.69) is 26.1 Å². The van der Waals surface area contributed by atoms with Crippen LogP contribution >= 0.6 is 0 Å². The van der Waals surface area contributed by atoms with Gasteiger partial charge in [0.25, 0.3) is 0 Å². The molecule has 0 radical (unpaired) electrons. The van der Waals surface area contributed by atoms with E-state index in [1.807, 2.05) is 0 Å². The van der Waals surface area contributed by atoms with Gasteiger partial charge in [-0.1, -0.05) is 6.92 Å². The van der Waals surface area contributed by atoms with Crippen molar-refractivity contribution in [2.75, 3.05) is 40.6 Å². The third-order valence-corrected chi connectivity index (χ3v) is 4.09. The lowest BCUT2D eigenvalue weighted by Gasteiger charge is -2.44. The predicted molar refractivity (Wildman–Crippen MR) is 83.8 cm³/mol. The van der Waals surface area contributed by atoms with E-state index < -0.39 is 0 Å². The molecule has 3 atom stereocenters. The molecule has 1 fully saturated rings. The van der Waals surface area contributed by atoms with E-state index in [-0.39, 0.29) is 17.8 Å². The van der Waals surface area contributed by atoms with Crippen molar-refractivity contribution in [2.24, 2.45) is 0 Å². The second-order valence-corrected chi connectivity index (χ2v) is 6.25. The maximum absolute atomic E-state index is 5.98. The Kier molecular flexibility index (Phi) is 8.74. The van der Waals surface area contributed by atoms with Crippen LogP contribution in [0.2, 0.25) is 0 Å². The molecule has 1 saturated carbocycles. The zero-order valence-corrected chi connectivity index (χ0v) is 14.3. The quantitative estimate of drug-likeness (QED) is 0.559. The van der Waals surface area contributed by atoms with Gasteiger partial charge in [0.05, 0.1) is 31.0 Å². The Bertz CT molecular complexity index is 273. The molecular weight excluding hydrogens is 270 g/mol. The molecule has 0 amide bonds. The fourth-order valence-electron chi connectivity index (χ4n) is 2.32. The minimum absolute atomic E-state index is 0.129. The average Bonchev–Trinajstić information content (AvgIpc) is 2.45. The highest BCUT2D eigenvalue weighted by molar-refractivity contribution is 4.97. The van der Waals surface area contributed by atoms with Crippen molar-refractivity contribution in [3.63, 3.8) is 0 Å². The van der Waals surface area contributed by atoms with Gasteiger partial charge in [0.2, 0.25) is 0 Å². The number of hydrogen-bond donors (Lipinski definition) is 1. The summed E-state index contributed by atoms with van der Waals surface area (Å²) in [4.78, 5) is 0. The Morgan fingerprint density at radius 2 is 1.86 bits per heavy atom. The molecule has 126 valence electrons. The molecule has 0 aromatic heterocycles. The number of methoxy groups -OCH3 is 2. The summed E-state index contributed by atoms with van der Waals surface area (Å²) in [5, 5.41) is 3.52. The molecular formula is C16H33NO4. The summed E-state index contributed by atoms with van der Waals surface area (Å²) in [5.74, 6) is 0. The maximum atomic E-state index is 5.98. The van der Waals surface area contributed by atoms with Crippen LogP contribution in [0, 0.1) is 0 Å². The first-order valence-corrected chi connectivity index (χ1v) is 8.04. The summed E-state index contributed by atoms with van der Waals surface area (Å²) < 4.78 is 22.4. The van der Waals surface area contributed by atoms with E-state index in [1.165, 1.54) is 0 Å². The lowest BCUT2D eigenvalue weighted by Crippen LogP contribution is -2.60. The van der Waals surface area contributed by atoms with Crippen LogP contribution in [0.3, 0.4) is 0 Å². The molecule has 5 nitrogen and oxygen atoms in total. The third kappa shape index (κ3) is 6.61. The van der Waals surface area contributed by atoms with Crippen molar-refractivity contribution in [2.45, 2.75) is 63.9 Å².